The smallest absolute Gasteiger partial charge is 0.0250 e. The van der Waals surface area contributed by atoms with Crippen molar-refractivity contribution >= 4 is 0 Å². The summed E-state index contributed by atoms with van der Waals surface area (Å²) < 4.78 is 0. The van der Waals surface area contributed by atoms with Gasteiger partial charge in [0.25, 0.3) is 0 Å². The molecule has 0 aromatic rings. The fourth-order valence-electron chi connectivity index (χ4n) is 1.52. The van der Waals surface area contributed by atoms with Gasteiger partial charge in [0, 0.05) is 19.6 Å². The van der Waals surface area contributed by atoms with Gasteiger partial charge in [-0.2, -0.15) is 0 Å². The highest BCUT2D eigenvalue weighted by Gasteiger charge is 2.24. The molecule has 0 amide bonds. The molecule has 1 rings (SSSR count). The van der Waals surface area contributed by atoms with Crippen LogP contribution in [0.1, 0.15) is 20.3 Å². The summed E-state index contributed by atoms with van der Waals surface area (Å²) in [5.74, 6) is 0.819. The normalized spacial score (nSPS) is 37.7. The zero-order valence-electron chi connectivity index (χ0n) is 6.52. The second-order valence-corrected chi connectivity index (χ2v) is 3.00. The van der Waals surface area contributed by atoms with E-state index in [1.54, 1.807) is 0 Å². The topological polar surface area (TPSA) is 15.3 Å². The van der Waals surface area contributed by atoms with Crippen molar-refractivity contribution in [1.82, 2.24) is 10.4 Å². The number of hydrazine groups is 1. The highest BCUT2D eigenvalue weighted by atomic mass is 15.5. The maximum absolute atomic E-state index is 3.39. The van der Waals surface area contributed by atoms with Gasteiger partial charge in [-0.3, -0.25) is 5.43 Å². The van der Waals surface area contributed by atoms with Crippen molar-refractivity contribution in [3.05, 3.63) is 0 Å². The van der Waals surface area contributed by atoms with Crippen LogP contribution in [0.3, 0.4) is 0 Å². The third kappa shape index (κ3) is 1.43. The summed E-state index contributed by atoms with van der Waals surface area (Å²) in [6.07, 6.45) is 1.24. The van der Waals surface area contributed by atoms with Crippen molar-refractivity contribution in [2.75, 3.05) is 13.6 Å². The van der Waals surface area contributed by atoms with E-state index < -0.39 is 0 Å². The van der Waals surface area contributed by atoms with Crippen LogP contribution in [0.2, 0.25) is 0 Å². The van der Waals surface area contributed by atoms with E-state index in [2.05, 4.69) is 31.3 Å². The Morgan fingerprint density at radius 1 is 1.67 bits per heavy atom. The first kappa shape index (κ1) is 7.03. The number of rotatable bonds is 1. The third-order valence-electron chi connectivity index (χ3n) is 2.07. The van der Waals surface area contributed by atoms with Gasteiger partial charge in [-0.05, 0) is 12.3 Å². The molecule has 0 saturated carbocycles. The Hall–Kier alpha value is -0.0800. The summed E-state index contributed by atoms with van der Waals surface area (Å²) in [5, 5.41) is 2.18. The fraction of sp³-hybridized carbons (Fsp3) is 1.00. The van der Waals surface area contributed by atoms with E-state index in [-0.39, 0.29) is 0 Å². The molecule has 0 radical (unpaired) electrons. The molecule has 0 bridgehead atoms. The Morgan fingerprint density at radius 3 is 2.56 bits per heavy atom. The van der Waals surface area contributed by atoms with Gasteiger partial charge in [0.2, 0.25) is 0 Å². The monoisotopic (exact) mass is 128 g/mol. The molecule has 1 unspecified atom stereocenters. The molecular formula is C7H16N2. The Bertz CT molecular complexity index is 92.9. The van der Waals surface area contributed by atoms with E-state index in [0.717, 1.165) is 12.0 Å². The molecule has 1 fully saturated rings. The number of hydrogen-bond donors (Lipinski definition) is 1. The zero-order valence-corrected chi connectivity index (χ0v) is 6.52. The Kier molecular flexibility index (Phi) is 2.09. The molecule has 9 heavy (non-hydrogen) atoms. The average Bonchev–Trinajstić information content (AvgIpc) is 2.10. The van der Waals surface area contributed by atoms with Gasteiger partial charge in [-0.1, -0.05) is 13.8 Å². The highest BCUT2D eigenvalue weighted by Crippen LogP contribution is 2.13. The molecule has 1 heterocycles. The minimum absolute atomic E-state index is 0.718. The molecule has 1 aliphatic rings. The van der Waals surface area contributed by atoms with Crippen molar-refractivity contribution in [1.29, 1.82) is 0 Å². The first-order valence-electron chi connectivity index (χ1n) is 3.71. The van der Waals surface area contributed by atoms with Crippen molar-refractivity contribution in [3.63, 3.8) is 0 Å². The van der Waals surface area contributed by atoms with Gasteiger partial charge >= 0.3 is 0 Å². The third-order valence-corrected chi connectivity index (χ3v) is 2.07. The first-order valence-corrected chi connectivity index (χ1v) is 3.71. The van der Waals surface area contributed by atoms with Crippen LogP contribution in [-0.4, -0.2) is 24.6 Å². The van der Waals surface area contributed by atoms with Gasteiger partial charge in [0.1, 0.15) is 0 Å². The van der Waals surface area contributed by atoms with Crippen LogP contribution in [-0.2, 0) is 0 Å². The van der Waals surface area contributed by atoms with Gasteiger partial charge < -0.3 is 0 Å². The molecule has 2 atom stereocenters. The lowest BCUT2D eigenvalue weighted by atomic mass is 10.0. The van der Waals surface area contributed by atoms with Crippen molar-refractivity contribution in [3.8, 4) is 0 Å². The second kappa shape index (κ2) is 2.67. The molecule has 2 nitrogen and oxygen atoms in total. The van der Waals surface area contributed by atoms with Gasteiger partial charge in [0.15, 0.2) is 0 Å². The first-order chi connectivity index (χ1) is 4.24. The Balaban J connectivity index is 2.38. The Morgan fingerprint density at radius 2 is 2.33 bits per heavy atom. The molecule has 2 heteroatoms. The van der Waals surface area contributed by atoms with E-state index >= 15 is 0 Å². The van der Waals surface area contributed by atoms with Crippen molar-refractivity contribution < 1.29 is 0 Å². The summed E-state index contributed by atoms with van der Waals surface area (Å²) >= 11 is 0. The Labute approximate surface area is 57.2 Å². The van der Waals surface area contributed by atoms with Crippen molar-refractivity contribution in [2.45, 2.75) is 26.3 Å². The lowest BCUT2D eigenvalue weighted by Crippen LogP contribution is -2.32. The van der Waals surface area contributed by atoms with E-state index in [1.165, 1.54) is 13.0 Å². The van der Waals surface area contributed by atoms with Crippen LogP contribution in [0.5, 0.6) is 0 Å². The lowest BCUT2D eigenvalue weighted by molar-refractivity contribution is 0.289. The summed E-state index contributed by atoms with van der Waals surface area (Å²) in [4.78, 5) is 0. The minimum atomic E-state index is 0.718. The largest absolute Gasteiger partial charge is 0.252 e. The van der Waals surface area contributed by atoms with Crippen LogP contribution in [0.4, 0.5) is 0 Å². The van der Waals surface area contributed by atoms with Gasteiger partial charge in [-0.25, -0.2) is 5.01 Å². The van der Waals surface area contributed by atoms with Gasteiger partial charge in [-0.15, -0.1) is 0 Å². The number of hydrogen-bond acceptors (Lipinski definition) is 2. The molecule has 1 saturated heterocycles. The van der Waals surface area contributed by atoms with Crippen LogP contribution in [0.25, 0.3) is 0 Å². The predicted molar refractivity (Wildman–Crippen MR) is 39.0 cm³/mol. The average molecular weight is 128 g/mol. The van der Waals surface area contributed by atoms with Crippen LogP contribution >= 0.6 is 0 Å². The van der Waals surface area contributed by atoms with E-state index in [4.69, 9.17) is 0 Å². The van der Waals surface area contributed by atoms with E-state index in [0.29, 0.717) is 0 Å². The van der Waals surface area contributed by atoms with Crippen LogP contribution in [0, 0.1) is 5.92 Å². The fourth-order valence-corrected chi connectivity index (χ4v) is 1.52. The second-order valence-electron chi connectivity index (χ2n) is 3.00. The summed E-state index contributed by atoms with van der Waals surface area (Å²) in [5.41, 5.74) is 3.39. The quantitative estimate of drug-likeness (QED) is 0.563. The van der Waals surface area contributed by atoms with Crippen molar-refractivity contribution in [2.24, 2.45) is 5.92 Å². The van der Waals surface area contributed by atoms with Crippen LogP contribution in [0.15, 0.2) is 0 Å². The SMILES string of the molecule is CCC1NN(C)C[C@H]1C. The lowest BCUT2D eigenvalue weighted by Gasteiger charge is -2.11. The zero-order chi connectivity index (χ0) is 6.85. The highest BCUT2D eigenvalue weighted by molar-refractivity contribution is 4.78. The summed E-state index contributed by atoms with van der Waals surface area (Å²) in [6.45, 7) is 5.72. The number of nitrogens with zero attached hydrogens (tertiary/aromatic N) is 1. The molecule has 54 valence electrons. The number of nitrogens with one attached hydrogen (secondary N) is 1. The minimum Gasteiger partial charge on any atom is -0.252 e. The molecule has 0 aromatic carbocycles. The maximum Gasteiger partial charge on any atom is 0.0250 e. The van der Waals surface area contributed by atoms with Gasteiger partial charge in [0.05, 0.1) is 0 Å². The van der Waals surface area contributed by atoms with Crippen LogP contribution < -0.4 is 5.43 Å². The van der Waals surface area contributed by atoms with E-state index in [1.807, 2.05) is 0 Å². The summed E-state index contributed by atoms with van der Waals surface area (Å²) in [7, 11) is 2.10. The van der Waals surface area contributed by atoms with E-state index in [9.17, 15) is 0 Å². The predicted octanol–water partition coefficient (Wildman–Crippen LogP) is 0.851. The summed E-state index contributed by atoms with van der Waals surface area (Å²) in [6, 6.07) is 0.718. The molecule has 0 aromatic heterocycles. The standard InChI is InChI=1S/C7H16N2/c1-4-7-6(2)5-9(3)8-7/h6-8H,4-5H2,1-3H3/t6-,7?/m1/s1. The molecule has 1 aliphatic heterocycles. The molecular weight excluding hydrogens is 112 g/mol. The maximum atomic E-state index is 3.39. The molecule has 1 N–H and O–H groups in total. The molecule has 0 aliphatic carbocycles. The molecule has 0 spiro atoms.